The molecule has 2 aliphatic rings. The third-order valence-corrected chi connectivity index (χ3v) is 5.46. The number of anilines is 3. The molecule has 5 heteroatoms. The van der Waals surface area contributed by atoms with Crippen molar-refractivity contribution in [1.29, 1.82) is 0 Å². The molecule has 5 nitrogen and oxygen atoms in total. The fraction of sp³-hybridized carbons (Fsp3) is 0.500. The first-order valence-corrected chi connectivity index (χ1v) is 9.42. The maximum absolute atomic E-state index is 4.47. The second kappa shape index (κ2) is 7.30. The van der Waals surface area contributed by atoms with Crippen LogP contribution in [0.4, 0.5) is 17.3 Å². The first kappa shape index (κ1) is 16.2. The monoisotopic (exact) mass is 337 g/mol. The largest absolute Gasteiger partial charge is 0.374 e. The number of piperidine rings is 1. The van der Waals surface area contributed by atoms with Crippen LogP contribution in [0.3, 0.4) is 0 Å². The summed E-state index contributed by atoms with van der Waals surface area (Å²) in [5, 5.41) is 3.55. The van der Waals surface area contributed by atoms with Crippen LogP contribution >= 0.6 is 0 Å². The van der Waals surface area contributed by atoms with Crippen molar-refractivity contribution >= 4 is 17.3 Å². The van der Waals surface area contributed by atoms with Gasteiger partial charge in [0.1, 0.15) is 18.0 Å². The molecule has 1 unspecified atom stereocenters. The minimum Gasteiger partial charge on any atom is -0.374 e. The number of para-hydroxylation sites is 1. The average Bonchev–Trinajstić information content (AvgIpc) is 2.69. The normalized spacial score (nSPS) is 20.3. The quantitative estimate of drug-likeness (QED) is 0.925. The summed E-state index contributed by atoms with van der Waals surface area (Å²) in [7, 11) is 2.18. The Morgan fingerprint density at radius 2 is 1.92 bits per heavy atom. The predicted octanol–water partition coefficient (Wildman–Crippen LogP) is 3.50. The van der Waals surface area contributed by atoms with Gasteiger partial charge < -0.3 is 15.1 Å². The minimum absolute atomic E-state index is 0.529. The number of fused-ring (bicyclic) bond motifs is 1. The van der Waals surface area contributed by atoms with Crippen molar-refractivity contribution in [3.05, 3.63) is 42.2 Å². The Morgan fingerprint density at radius 1 is 1.08 bits per heavy atom. The van der Waals surface area contributed by atoms with Gasteiger partial charge in [0.15, 0.2) is 0 Å². The van der Waals surface area contributed by atoms with E-state index in [2.05, 4.69) is 62.5 Å². The molecule has 1 saturated heterocycles. The molecule has 1 aromatic carbocycles. The molecule has 1 fully saturated rings. The predicted molar refractivity (Wildman–Crippen MR) is 104 cm³/mol. The molecule has 0 radical (unpaired) electrons. The summed E-state index contributed by atoms with van der Waals surface area (Å²) >= 11 is 0. The Balaban J connectivity index is 1.44. The number of hydrogen-bond acceptors (Lipinski definition) is 5. The van der Waals surface area contributed by atoms with Crippen molar-refractivity contribution in [2.45, 2.75) is 31.6 Å². The lowest BCUT2D eigenvalue weighted by atomic mass is 9.90. The van der Waals surface area contributed by atoms with E-state index in [1.165, 1.54) is 36.9 Å². The van der Waals surface area contributed by atoms with Gasteiger partial charge in [0.2, 0.25) is 0 Å². The van der Waals surface area contributed by atoms with Crippen LogP contribution in [0.2, 0.25) is 0 Å². The van der Waals surface area contributed by atoms with Gasteiger partial charge in [-0.2, -0.15) is 0 Å². The van der Waals surface area contributed by atoms with Gasteiger partial charge in [-0.3, -0.25) is 0 Å². The minimum atomic E-state index is 0.529. The second-order valence-corrected chi connectivity index (χ2v) is 7.16. The van der Waals surface area contributed by atoms with Gasteiger partial charge in [0.05, 0.1) is 0 Å². The lowest BCUT2D eigenvalue weighted by molar-refractivity contribution is 0.573. The van der Waals surface area contributed by atoms with Gasteiger partial charge in [0, 0.05) is 50.9 Å². The lowest BCUT2D eigenvalue weighted by Crippen LogP contribution is -2.31. The maximum Gasteiger partial charge on any atom is 0.134 e. The van der Waals surface area contributed by atoms with Crippen molar-refractivity contribution in [2.75, 3.05) is 48.3 Å². The van der Waals surface area contributed by atoms with Crippen LogP contribution in [0, 0.1) is 0 Å². The fourth-order valence-electron chi connectivity index (χ4n) is 3.99. The molecule has 132 valence electrons. The molecule has 25 heavy (non-hydrogen) atoms. The van der Waals surface area contributed by atoms with Gasteiger partial charge in [-0.15, -0.1) is 0 Å². The van der Waals surface area contributed by atoms with Crippen LogP contribution in [0.5, 0.6) is 0 Å². The Kier molecular flexibility index (Phi) is 4.72. The first-order valence-electron chi connectivity index (χ1n) is 9.42. The number of rotatable bonds is 4. The number of hydrogen-bond donors (Lipinski definition) is 1. The Hall–Kier alpha value is -2.30. The van der Waals surface area contributed by atoms with Crippen LogP contribution in [0.25, 0.3) is 0 Å². The molecule has 1 atom stereocenters. The zero-order valence-electron chi connectivity index (χ0n) is 15.0. The van der Waals surface area contributed by atoms with Crippen molar-refractivity contribution in [1.82, 2.24) is 9.97 Å². The first-order chi connectivity index (χ1) is 12.3. The van der Waals surface area contributed by atoms with Gasteiger partial charge in [-0.05, 0) is 37.3 Å². The molecular weight excluding hydrogens is 310 g/mol. The lowest BCUT2D eigenvalue weighted by Gasteiger charge is -2.33. The summed E-state index contributed by atoms with van der Waals surface area (Å²) < 4.78 is 0. The van der Waals surface area contributed by atoms with E-state index in [-0.39, 0.29) is 0 Å². The van der Waals surface area contributed by atoms with Crippen molar-refractivity contribution in [2.24, 2.45) is 0 Å². The van der Waals surface area contributed by atoms with E-state index in [1.807, 2.05) is 0 Å². The van der Waals surface area contributed by atoms with Gasteiger partial charge in [-0.1, -0.05) is 18.2 Å². The molecule has 0 amide bonds. The summed E-state index contributed by atoms with van der Waals surface area (Å²) in [4.78, 5) is 13.6. The Bertz CT molecular complexity index is 711. The van der Waals surface area contributed by atoms with E-state index >= 15 is 0 Å². The molecule has 0 aliphatic carbocycles. The Labute approximate surface area is 150 Å². The summed E-state index contributed by atoms with van der Waals surface area (Å²) in [5.74, 6) is 2.52. The molecule has 0 spiro atoms. The SMILES string of the molecule is CN1CCC(CNc2cc(N3CCCCC3)ncn2)c2ccccc21. The highest BCUT2D eigenvalue weighted by Crippen LogP contribution is 2.34. The second-order valence-electron chi connectivity index (χ2n) is 7.16. The van der Waals surface area contributed by atoms with E-state index in [0.717, 1.165) is 37.8 Å². The van der Waals surface area contributed by atoms with Crippen molar-refractivity contribution in [3.8, 4) is 0 Å². The van der Waals surface area contributed by atoms with Crippen LogP contribution in [-0.4, -0.2) is 43.2 Å². The molecule has 0 bridgehead atoms. The molecule has 3 heterocycles. The highest BCUT2D eigenvalue weighted by molar-refractivity contribution is 5.57. The number of nitrogens with one attached hydrogen (secondary N) is 1. The topological polar surface area (TPSA) is 44.3 Å². The number of benzene rings is 1. The van der Waals surface area contributed by atoms with E-state index in [4.69, 9.17) is 0 Å². The molecule has 2 aromatic rings. The van der Waals surface area contributed by atoms with Crippen LogP contribution < -0.4 is 15.1 Å². The third kappa shape index (κ3) is 3.55. The number of nitrogens with zero attached hydrogens (tertiary/aromatic N) is 4. The zero-order valence-corrected chi connectivity index (χ0v) is 15.0. The van der Waals surface area contributed by atoms with E-state index in [0.29, 0.717) is 5.92 Å². The highest BCUT2D eigenvalue weighted by atomic mass is 15.2. The Morgan fingerprint density at radius 3 is 2.80 bits per heavy atom. The van der Waals surface area contributed by atoms with Crippen LogP contribution in [-0.2, 0) is 0 Å². The van der Waals surface area contributed by atoms with Gasteiger partial charge in [-0.25, -0.2) is 9.97 Å². The standard InChI is InChI=1S/C20H27N5/c1-24-12-9-16(17-7-3-4-8-18(17)24)14-21-19-13-20(23-15-22-19)25-10-5-2-6-11-25/h3-4,7-8,13,15-16H,2,5-6,9-12,14H2,1H3,(H,21,22,23). The smallest absolute Gasteiger partial charge is 0.134 e. The highest BCUT2D eigenvalue weighted by Gasteiger charge is 2.22. The fourth-order valence-corrected chi connectivity index (χ4v) is 3.99. The van der Waals surface area contributed by atoms with Crippen LogP contribution in [0.1, 0.15) is 37.2 Å². The molecule has 1 N–H and O–H groups in total. The van der Waals surface area contributed by atoms with Gasteiger partial charge in [0.25, 0.3) is 0 Å². The summed E-state index contributed by atoms with van der Waals surface area (Å²) in [6.45, 7) is 4.24. The van der Waals surface area contributed by atoms with Crippen molar-refractivity contribution in [3.63, 3.8) is 0 Å². The summed E-state index contributed by atoms with van der Waals surface area (Å²) in [5.41, 5.74) is 2.80. The number of aromatic nitrogens is 2. The summed E-state index contributed by atoms with van der Waals surface area (Å²) in [6.07, 6.45) is 6.72. The van der Waals surface area contributed by atoms with Crippen LogP contribution in [0.15, 0.2) is 36.7 Å². The maximum atomic E-state index is 4.47. The summed E-state index contributed by atoms with van der Waals surface area (Å²) in [6, 6.07) is 10.9. The molecular formula is C20H27N5. The third-order valence-electron chi connectivity index (χ3n) is 5.46. The molecule has 0 saturated carbocycles. The van der Waals surface area contributed by atoms with Crippen molar-refractivity contribution < 1.29 is 0 Å². The van der Waals surface area contributed by atoms with E-state index in [9.17, 15) is 0 Å². The van der Waals surface area contributed by atoms with E-state index in [1.54, 1.807) is 6.33 Å². The molecule has 2 aliphatic heterocycles. The molecule has 1 aromatic heterocycles. The van der Waals surface area contributed by atoms with E-state index < -0.39 is 0 Å². The van der Waals surface area contributed by atoms with Gasteiger partial charge >= 0.3 is 0 Å². The molecule has 4 rings (SSSR count). The average molecular weight is 337 g/mol. The zero-order chi connectivity index (χ0) is 17.1.